The Bertz CT molecular complexity index is 665. The normalized spacial score (nSPS) is 10.2. The number of hydrogen-bond donors (Lipinski definition) is 1. The zero-order valence-corrected chi connectivity index (χ0v) is 10.5. The van der Waals surface area contributed by atoms with Gasteiger partial charge in [-0.2, -0.15) is 0 Å². The predicted octanol–water partition coefficient (Wildman–Crippen LogP) is 1.61. The van der Waals surface area contributed by atoms with E-state index in [1.807, 2.05) is 0 Å². The summed E-state index contributed by atoms with van der Waals surface area (Å²) in [6.07, 6.45) is 3.32. The third-order valence-corrected chi connectivity index (χ3v) is 2.68. The van der Waals surface area contributed by atoms with Gasteiger partial charge in [-0.1, -0.05) is 0 Å². The summed E-state index contributed by atoms with van der Waals surface area (Å²) in [5.74, 6) is -0.616. The number of nitro groups is 1. The SMILES string of the molecule is Cn1ccnc1COc1ccc([N+](=O)[O-])cc1C(=O)O. The van der Waals surface area contributed by atoms with E-state index in [1.165, 1.54) is 12.1 Å². The molecule has 2 aromatic rings. The molecule has 20 heavy (non-hydrogen) atoms. The number of aromatic carboxylic acids is 1. The summed E-state index contributed by atoms with van der Waals surface area (Å²) >= 11 is 0. The molecule has 1 heterocycles. The Hall–Kier alpha value is -2.90. The zero-order valence-electron chi connectivity index (χ0n) is 10.5. The van der Waals surface area contributed by atoms with Crippen LogP contribution in [0.15, 0.2) is 30.6 Å². The van der Waals surface area contributed by atoms with E-state index in [9.17, 15) is 14.9 Å². The van der Waals surface area contributed by atoms with Crippen molar-refractivity contribution in [1.29, 1.82) is 0 Å². The van der Waals surface area contributed by atoms with Gasteiger partial charge >= 0.3 is 5.97 Å². The Morgan fingerprint density at radius 2 is 2.30 bits per heavy atom. The third kappa shape index (κ3) is 2.74. The average Bonchev–Trinajstić information content (AvgIpc) is 2.81. The highest BCUT2D eigenvalue weighted by molar-refractivity contribution is 5.91. The molecule has 0 amide bonds. The van der Waals surface area contributed by atoms with Crippen LogP contribution < -0.4 is 4.74 Å². The number of nitrogens with zero attached hydrogens (tertiary/aromatic N) is 3. The molecule has 0 atom stereocenters. The van der Waals surface area contributed by atoms with Crippen molar-refractivity contribution in [2.45, 2.75) is 6.61 Å². The van der Waals surface area contributed by atoms with Crippen LogP contribution in [0.5, 0.6) is 5.75 Å². The molecule has 0 aliphatic rings. The van der Waals surface area contributed by atoms with E-state index in [4.69, 9.17) is 9.84 Å². The van der Waals surface area contributed by atoms with E-state index < -0.39 is 10.9 Å². The van der Waals surface area contributed by atoms with E-state index in [0.29, 0.717) is 5.82 Å². The van der Waals surface area contributed by atoms with Gasteiger partial charge < -0.3 is 14.4 Å². The second-order valence-electron chi connectivity index (χ2n) is 3.99. The molecule has 1 N–H and O–H groups in total. The van der Waals surface area contributed by atoms with Gasteiger partial charge in [0.2, 0.25) is 0 Å². The fourth-order valence-corrected chi connectivity index (χ4v) is 1.60. The molecule has 104 valence electrons. The summed E-state index contributed by atoms with van der Waals surface area (Å²) < 4.78 is 7.10. The number of rotatable bonds is 5. The second-order valence-corrected chi connectivity index (χ2v) is 3.99. The zero-order chi connectivity index (χ0) is 14.7. The Morgan fingerprint density at radius 3 is 2.85 bits per heavy atom. The van der Waals surface area contributed by atoms with E-state index in [-0.39, 0.29) is 23.6 Å². The van der Waals surface area contributed by atoms with Crippen molar-refractivity contribution in [3.05, 3.63) is 52.1 Å². The maximum absolute atomic E-state index is 11.1. The van der Waals surface area contributed by atoms with Crippen LogP contribution in [0, 0.1) is 10.1 Å². The van der Waals surface area contributed by atoms with Crippen LogP contribution in [-0.2, 0) is 13.7 Å². The molecule has 8 heteroatoms. The number of carbonyl (C=O) groups is 1. The van der Waals surface area contributed by atoms with Crippen molar-refractivity contribution >= 4 is 11.7 Å². The predicted molar refractivity (Wildman–Crippen MR) is 67.6 cm³/mol. The lowest BCUT2D eigenvalue weighted by molar-refractivity contribution is -0.384. The number of hydrogen-bond acceptors (Lipinski definition) is 5. The molecule has 0 bridgehead atoms. The first-order valence-electron chi connectivity index (χ1n) is 5.60. The van der Waals surface area contributed by atoms with E-state index in [1.54, 1.807) is 24.0 Å². The maximum Gasteiger partial charge on any atom is 0.339 e. The van der Waals surface area contributed by atoms with Crippen LogP contribution in [0.2, 0.25) is 0 Å². The Balaban J connectivity index is 2.25. The van der Waals surface area contributed by atoms with Crippen LogP contribution in [0.25, 0.3) is 0 Å². The average molecular weight is 277 g/mol. The first-order valence-corrected chi connectivity index (χ1v) is 5.60. The molecule has 0 saturated carbocycles. The van der Waals surface area contributed by atoms with Gasteiger partial charge in [0, 0.05) is 31.6 Å². The van der Waals surface area contributed by atoms with Crippen molar-refractivity contribution in [2.24, 2.45) is 7.05 Å². The molecule has 0 radical (unpaired) electrons. The van der Waals surface area contributed by atoms with Gasteiger partial charge in [0.15, 0.2) is 0 Å². The van der Waals surface area contributed by atoms with Crippen molar-refractivity contribution in [3.63, 3.8) is 0 Å². The number of nitro benzene ring substituents is 1. The quantitative estimate of drug-likeness (QED) is 0.657. The number of imidazole rings is 1. The summed E-state index contributed by atoms with van der Waals surface area (Å²) in [4.78, 5) is 25.1. The summed E-state index contributed by atoms with van der Waals surface area (Å²) in [7, 11) is 1.78. The Labute approximate surface area is 113 Å². The lowest BCUT2D eigenvalue weighted by Gasteiger charge is -2.08. The summed E-state index contributed by atoms with van der Waals surface area (Å²) in [5, 5.41) is 19.7. The highest BCUT2D eigenvalue weighted by atomic mass is 16.6. The Morgan fingerprint density at radius 1 is 1.55 bits per heavy atom. The first-order chi connectivity index (χ1) is 9.49. The standard InChI is InChI=1S/C12H11N3O5/c1-14-5-4-13-11(14)7-20-10-3-2-8(15(18)19)6-9(10)12(16)17/h2-6H,7H2,1H3,(H,16,17). The third-order valence-electron chi connectivity index (χ3n) is 2.68. The number of aryl methyl sites for hydroxylation is 1. The fourth-order valence-electron chi connectivity index (χ4n) is 1.60. The van der Waals surface area contributed by atoms with Crippen LogP contribution in [0.3, 0.4) is 0 Å². The van der Waals surface area contributed by atoms with Gasteiger partial charge in [0.05, 0.1) is 4.92 Å². The van der Waals surface area contributed by atoms with Crippen LogP contribution >= 0.6 is 0 Å². The number of ether oxygens (including phenoxy) is 1. The van der Waals surface area contributed by atoms with Crippen molar-refractivity contribution < 1.29 is 19.6 Å². The van der Waals surface area contributed by atoms with E-state index >= 15 is 0 Å². The minimum absolute atomic E-state index is 0.0612. The number of carboxylic acid groups (broad SMARTS) is 1. The number of aromatic nitrogens is 2. The van der Waals surface area contributed by atoms with Crippen molar-refractivity contribution in [2.75, 3.05) is 0 Å². The van der Waals surface area contributed by atoms with Gasteiger partial charge in [-0.05, 0) is 6.07 Å². The largest absolute Gasteiger partial charge is 0.485 e. The molecule has 0 saturated heterocycles. The second kappa shape index (κ2) is 5.39. The van der Waals surface area contributed by atoms with Crippen molar-refractivity contribution in [1.82, 2.24) is 9.55 Å². The molecular weight excluding hydrogens is 266 g/mol. The molecule has 0 aliphatic heterocycles. The van der Waals surface area contributed by atoms with Crippen molar-refractivity contribution in [3.8, 4) is 5.75 Å². The highest BCUT2D eigenvalue weighted by Gasteiger charge is 2.17. The lowest BCUT2D eigenvalue weighted by atomic mass is 10.2. The minimum Gasteiger partial charge on any atom is -0.485 e. The summed E-state index contributed by atoms with van der Waals surface area (Å²) in [5.41, 5.74) is -0.555. The molecule has 0 aliphatic carbocycles. The topological polar surface area (TPSA) is 107 Å². The van der Waals surface area contributed by atoms with Crippen LogP contribution in [0.4, 0.5) is 5.69 Å². The Kier molecular flexibility index (Phi) is 3.65. The van der Waals surface area contributed by atoms with Gasteiger partial charge in [0.25, 0.3) is 5.69 Å². The van der Waals surface area contributed by atoms with Crippen LogP contribution in [0.1, 0.15) is 16.2 Å². The van der Waals surface area contributed by atoms with E-state index in [0.717, 1.165) is 6.07 Å². The van der Waals surface area contributed by atoms with Gasteiger partial charge in [-0.25, -0.2) is 9.78 Å². The molecule has 8 nitrogen and oxygen atoms in total. The number of benzene rings is 1. The molecule has 0 spiro atoms. The van der Waals surface area contributed by atoms with Gasteiger partial charge in [-0.15, -0.1) is 0 Å². The molecule has 1 aromatic carbocycles. The van der Waals surface area contributed by atoms with Gasteiger partial charge in [-0.3, -0.25) is 10.1 Å². The summed E-state index contributed by atoms with van der Waals surface area (Å²) in [6.45, 7) is 0.0710. The number of non-ortho nitro benzene ring substituents is 1. The molecule has 2 rings (SSSR count). The molecular formula is C12H11N3O5. The monoisotopic (exact) mass is 277 g/mol. The van der Waals surface area contributed by atoms with E-state index in [2.05, 4.69) is 4.98 Å². The summed E-state index contributed by atoms with van der Waals surface area (Å²) in [6, 6.07) is 3.43. The van der Waals surface area contributed by atoms with Gasteiger partial charge in [0.1, 0.15) is 23.7 Å². The van der Waals surface area contributed by atoms with Crippen LogP contribution in [-0.4, -0.2) is 25.6 Å². The number of carboxylic acids is 1. The lowest BCUT2D eigenvalue weighted by Crippen LogP contribution is -2.07. The smallest absolute Gasteiger partial charge is 0.339 e. The minimum atomic E-state index is -1.29. The fraction of sp³-hybridized carbons (Fsp3) is 0.167. The molecule has 0 unspecified atom stereocenters. The molecule has 0 fully saturated rings. The first kappa shape index (κ1) is 13.5. The highest BCUT2D eigenvalue weighted by Crippen LogP contribution is 2.24. The molecule has 1 aromatic heterocycles. The maximum atomic E-state index is 11.1.